The highest BCUT2D eigenvalue weighted by atomic mass is 35.5. The van der Waals surface area contributed by atoms with Crippen molar-refractivity contribution in [1.82, 2.24) is 15.1 Å². The number of hydrogen-bond donors (Lipinski definition) is 1. The summed E-state index contributed by atoms with van der Waals surface area (Å²) >= 11 is 12.4. The molecule has 2 atom stereocenters. The van der Waals surface area contributed by atoms with Crippen LogP contribution in [0.15, 0.2) is 18.2 Å². The third-order valence-electron chi connectivity index (χ3n) is 5.85. The Balaban J connectivity index is 2.14. The van der Waals surface area contributed by atoms with Crippen molar-refractivity contribution in [2.45, 2.75) is 58.7 Å². The molecule has 2 amide bonds. The zero-order chi connectivity index (χ0) is 19.9. The smallest absolute Gasteiger partial charge is 0.317 e. The molecule has 26 heavy (non-hydrogen) atoms. The first-order valence-corrected chi connectivity index (χ1v) is 9.81. The first-order chi connectivity index (χ1) is 11.9. The molecule has 1 fully saturated rings. The van der Waals surface area contributed by atoms with Crippen molar-refractivity contribution in [3.63, 3.8) is 0 Å². The van der Waals surface area contributed by atoms with E-state index in [0.29, 0.717) is 10.0 Å². The Hall–Kier alpha value is -0.970. The summed E-state index contributed by atoms with van der Waals surface area (Å²) < 4.78 is 0. The molecule has 0 saturated carbocycles. The van der Waals surface area contributed by atoms with Crippen molar-refractivity contribution in [1.29, 1.82) is 0 Å². The van der Waals surface area contributed by atoms with Crippen molar-refractivity contribution in [3.05, 3.63) is 33.8 Å². The van der Waals surface area contributed by atoms with Crippen molar-refractivity contribution < 1.29 is 4.79 Å². The van der Waals surface area contributed by atoms with E-state index in [0.717, 1.165) is 18.5 Å². The number of piperidine rings is 1. The van der Waals surface area contributed by atoms with E-state index in [4.69, 9.17) is 23.2 Å². The van der Waals surface area contributed by atoms with Gasteiger partial charge in [0.2, 0.25) is 0 Å². The number of rotatable bonds is 3. The molecule has 1 aromatic carbocycles. The summed E-state index contributed by atoms with van der Waals surface area (Å²) in [6.07, 6.45) is 0.923. The first kappa shape index (κ1) is 21.3. The minimum absolute atomic E-state index is 0.00724. The Morgan fingerprint density at radius 1 is 1.31 bits per heavy atom. The first-order valence-electron chi connectivity index (χ1n) is 9.05. The van der Waals surface area contributed by atoms with Crippen molar-refractivity contribution >= 4 is 29.2 Å². The number of carbonyl (C=O) groups excluding carboxylic acids is 1. The number of urea groups is 1. The SMILES string of the molecule is CC(NC(=O)N(C)C1CC(C)(C)N(C)CC1(C)C)c1cccc(Cl)c1Cl. The Kier molecular flexibility index (Phi) is 6.21. The molecule has 0 aliphatic carbocycles. The summed E-state index contributed by atoms with van der Waals surface area (Å²) in [7, 11) is 4.04. The lowest BCUT2D eigenvalue weighted by atomic mass is 9.72. The fourth-order valence-electron chi connectivity index (χ4n) is 3.86. The topological polar surface area (TPSA) is 35.6 Å². The molecule has 0 radical (unpaired) electrons. The summed E-state index contributed by atoms with van der Waals surface area (Å²) in [5, 5.41) is 4.06. The molecular formula is C20H31Cl2N3O. The van der Waals surface area contributed by atoms with Crippen molar-refractivity contribution in [3.8, 4) is 0 Å². The molecule has 0 bridgehead atoms. The number of likely N-dealkylation sites (tertiary alicyclic amines) is 1. The fraction of sp³-hybridized carbons (Fsp3) is 0.650. The molecule has 1 aromatic rings. The van der Waals surface area contributed by atoms with E-state index in [1.807, 2.05) is 31.0 Å². The lowest BCUT2D eigenvalue weighted by Crippen LogP contribution is -2.63. The molecule has 1 aliphatic heterocycles. The van der Waals surface area contributed by atoms with Crippen LogP contribution in [-0.2, 0) is 0 Å². The van der Waals surface area contributed by atoms with Gasteiger partial charge in [-0.15, -0.1) is 0 Å². The summed E-state index contributed by atoms with van der Waals surface area (Å²) in [6.45, 7) is 11.8. The molecule has 4 nitrogen and oxygen atoms in total. The predicted octanol–water partition coefficient (Wildman–Crippen LogP) is 5.20. The lowest BCUT2D eigenvalue weighted by molar-refractivity contribution is -0.0264. The number of carbonyl (C=O) groups is 1. The summed E-state index contributed by atoms with van der Waals surface area (Å²) in [4.78, 5) is 17.2. The van der Waals surface area contributed by atoms with E-state index in [1.54, 1.807) is 6.07 Å². The van der Waals surface area contributed by atoms with Crippen molar-refractivity contribution in [2.24, 2.45) is 5.41 Å². The molecule has 1 aliphatic rings. The van der Waals surface area contributed by atoms with Crippen LogP contribution < -0.4 is 5.32 Å². The molecule has 0 spiro atoms. The van der Waals surface area contributed by atoms with Crippen LogP contribution in [0.25, 0.3) is 0 Å². The van der Waals surface area contributed by atoms with Crippen molar-refractivity contribution in [2.75, 3.05) is 20.6 Å². The third-order valence-corrected chi connectivity index (χ3v) is 6.68. The highest BCUT2D eigenvalue weighted by Crippen LogP contribution is 2.39. The van der Waals surface area contributed by atoms with Gasteiger partial charge in [0.05, 0.1) is 16.1 Å². The largest absolute Gasteiger partial charge is 0.331 e. The van der Waals surface area contributed by atoms with Gasteiger partial charge in [0.25, 0.3) is 0 Å². The number of nitrogens with one attached hydrogen (secondary N) is 1. The molecule has 2 rings (SSSR count). The van der Waals surface area contributed by atoms with Gasteiger partial charge in [-0.2, -0.15) is 0 Å². The van der Waals surface area contributed by atoms with Gasteiger partial charge >= 0.3 is 6.03 Å². The molecule has 0 aromatic heterocycles. The minimum Gasteiger partial charge on any atom is -0.331 e. The third kappa shape index (κ3) is 4.29. The predicted molar refractivity (Wildman–Crippen MR) is 110 cm³/mol. The minimum atomic E-state index is -0.224. The summed E-state index contributed by atoms with van der Waals surface area (Å²) in [5.41, 5.74) is 0.882. The molecule has 1 heterocycles. The molecule has 6 heteroatoms. The van der Waals surface area contributed by atoms with Gasteiger partial charge in [-0.1, -0.05) is 49.2 Å². The van der Waals surface area contributed by atoms with Crippen LogP contribution in [0.1, 0.15) is 52.6 Å². The molecule has 1 saturated heterocycles. The van der Waals surface area contributed by atoms with Crippen LogP contribution in [0.4, 0.5) is 4.79 Å². The van der Waals surface area contributed by atoms with Gasteiger partial charge in [-0.3, -0.25) is 0 Å². The quantitative estimate of drug-likeness (QED) is 0.757. The van der Waals surface area contributed by atoms with Gasteiger partial charge in [0, 0.05) is 25.2 Å². The lowest BCUT2D eigenvalue weighted by Gasteiger charge is -2.54. The summed E-state index contributed by atoms with van der Waals surface area (Å²) in [5.74, 6) is 0. The fourth-order valence-corrected chi connectivity index (χ4v) is 4.33. The zero-order valence-corrected chi connectivity index (χ0v) is 18.4. The summed E-state index contributed by atoms with van der Waals surface area (Å²) in [6, 6.07) is 5.32. The zero-order valence-electron chi connectivity index (χ0n) is 16.9. The number of benzene rings is 1. The average Bonchev–Trinajstić information content (AvgIpc) is 2.52. The number of halogens is 2. The average molecular weight is 400 g/mol. The molecule has 146 valence electrons. The van der Waals surface area contributed by atoms with Gasteiger partial charge in [0.1, 0.15) is 0 Å². The van der Waals surface area contributed by atoms with E-state index in [-0.39, 0.29) is 29.1 Å². The Bertz CT molecular complexity index is 675. The van der Waals surface area contributed by atoms with E-state index in [1.165, 1.54) is 0 Å². The Morgan fingerprint density at radius 3 is 2.54 bits per heavy atom. The second kappa shape index (κ2) is 7.57. The van der Waals surface area contributed by atoms with Gasteiger partial charge in [-0.05, 0) is 51.3 Å². The maximum atomic E-state index is 12.9. The maximum Gasteiger partial charge on any atom is 0.317 e. The molecule has 2 unspecified atom stereocenters. The van der Waals surface area contributed by atoms with E-state index in [9.17, 15) is 4.79 Å². The second-order valence-electron chi connectivity index (χ2n) is 8.80. The van der Waals surface area contributed by atoms with Crippen LogP contribution in [0.5, 0.6) is 0 Å². The van der Waals surface area contributed by atoms with Gasteiger partial charge < -0.3 is 15.1 Å². The highest BCUT2D eigenvalue weighted by molar-refractivity contribution is 6.42. The Morgan fingerprint density at radius 2 is 1.92 bits per heavy atom. The highest BCUT2D eigenvalue weighted by Gasteiger charge is 2.46. The van der Waals surface area contributed by atoms with Crippen LogP contribution in [0.2, 0.25) is 10.0 Å². The van der Waals surface area contributed by atoms with Crippen LogP contribution in [-0.4, -0.2) is 48.1 Å². The second-order valence-corrected chi connectivity index (χ2v) is 9.59. The standard InChI is InChI=1S/C20H31Cl2N3O/c1-13(14-9-8-10-15(21)17(14)22)23-18(26)25(7)16-11-20(4,5)24(6)12-19(16,2)3/h8-10,13,16H,11-12H2,1-7H3,(H,23,26). The van der Waals surface area contributed by atoms with Gasteiger partial charge in [0.15, 0.2) is 0 Å². The van der Waals surface area contributed by atoms with Gasteiger partial charge in [-0.25, -0.2) is 4.79 Å². The maximum absolute atomic E-state index is 12.9. The van der Waals surface area contributed by atoms with E-state index < -0.39 is 0 Å². The monoisotopic (exact) mass is 399 g/mol. The van der Waals surface area contributed by atoms with Crippen LogP contribution in [0.3, 0.4) is 0 Å². The number of nitrogens with zero attached hydrogens (tertiary/aromatic N) is 2. The molecular weight excluding hydrogens is 369 g/mol. The van der Waals surface area contributed by atoms with E-state index >= 15 is 0 Å². The Labute approximate surface area is 167 Å². The number of amides is 2. The number of hydrogen-bond acceptors (Lipinski definition) is 2. The van der Waals surface area contributed by atoms with Crippen LogP contribution in [0, 0.1) is 5.41 Å². The molecule has 1 N–H and O–H groups in total. The van der Waals surface area contributed by atoms with Crippen LogP contribution >= 0.6 is 23.2 Å². The van der Waals surface area contributed by atoms with E-state index in [2.05, 4.69) is 45.0 Å². The normalized spacial score (nSPS) is 23.3.